The van der Waals surface area contributed by atoms with Crippen LogP contribution in [0.3, 0.4) is 0 Å². The number of amides is 1. The third kappa shape index (κ3) is 7.88. The Morgan fingerprint density at radius 1 is 0.902 bits per heavy atom. The standard InChI is InChI=1S/C26H26F2N6O.C10H12BrClN4/c1-32(2)9-10-33-14-20(24-25(29)30-15-31-26(24)33)16-3-6-22-17(11-16)7-8-34(22)23(35)13-18-12-19(27)4-5-21(18)28;1-15(2)3-4-16-5-7(11)8-9(12)13-6-14-10(8)16/h3-6,11-12,14-15H,7-10,13H2,1-2H3,(H2,29,30,31);5-6H,3-4H2,1-2H3. The fraction of sp³-hybridized carbons (Fsp3) is 0.306. The number of rotatable bonds is 9. The van der Waals surface area contributed by atoms with Gasteiger partial charge in [-0.3, -0.25) is 4.79 Å². The largest absolute Gasteiger partial charge is 0.383 e. The molecule has 4 aromatic heterocycles. The lowest BCUT2D eigenvalue weighted by Crippen LogP contribution is -2.30. The van der Waals surface area contributed by atoms with Gasteiger partial charge in [-0.1, -0.05) is 17.7 Å². The summed E-state index contributed by atoms with van der Waals surface area (Å²) in [6.45, 7) is 3.93. The number of likely N-dealkylation sites (N-methyl/N-ethyl adjacent to an activating group) is 2. The minimum absolute atomic E-state index is 0.0566. The van der Waals surface area contributed by atoms with Crippen LogP contribution in [0.5, 0.6) is 0 Å². The molecule has 0 spiro atoms. The van der Waals surface area contributed by atoms with Gasteiger partial charge in [0.05, 0.1) is 17.2 Å². The molecule has 0 fully saturated rings. The summed E-state index contributed by atoms with van der Waals surface area (Å²) < 4.78 is 32.7. The summed E-state index contributed by atoms with van der Waals surface area (Å²) in [6.07, 6.45) is 7.48. The highest BCUT2D eigenvalue weighted by molar-refractivity contribution is 9.10. The van der Waals surface area contributed by atoms with Gasteiger partial charge in [0.25, 0.3) is 0 Å². The Morgan fingerprint density at radius 2 is 1.57 bits per heavy atom. The van der Waals surface area contributed by atoms with Crippen LogP contribution in [0.2, 0.25) is 5.15 Å². The van der Waals surface area contributed by atoms with Crippen LogP contribution in [-0.2, 0) is 30.7 Å². The molecule has 11 nitrogen and oxygen atoms in total. The zero-order valence-electron chi connectivity index (χ0n) is 28.7. The molecule has 5 heterocycles. The van der Waals surface area contributed by atoms with E-state index in [2.05, 4.69) is 60.9 Å². The van der Waals surface area contributed by atoms with Crippen LogP contribution in [0.15, 0.2) is 65.9 Å². The Kier molecular flexibility index (Phi) is 11.0. The van der Waals surface area contributed by atoms with Crippen molar-refractivity contribution in [3.05, 3.63) is 93.8 Å². The molecule has 1 aliphatic rings. The second kappa shape index (κ2) is 15.4. The molecule has 51 heavy (non-hydrogen) atoms. The number of nitrogen functional groups attached to an aromatic ring is 1. The molecule has 0 saturated heterocycles. The molecule has 0 saturated carbocycles. The van der Waals surface area contributed by atoms with E-state index in [1.54, 1.807) is 4.90 Å². The topological polar surface area (TPSA) is 114 Å². The lowest BCUT2D eigenvalue weighted by atomic mass is 10.0. The molecule has 0 atom stereocenters. The van der Waals surface area contributed by atoms with Gasteiger partial charge in [-0.2, -0.15) is 0 Å². The van der Waals surface area contributed by atoms with E-state index < -0.39 is 11.6 Å². The van der Waals surface area contributed by atoms with E-state index in [4.69, 9.17) is 17.3 Å². The zero-order chi connectivity index (χ0) is 36.4. The summed E-state index contributed by atoms with van der Waals surface area (Å²) in [5, 5.41) is 2.17. The zero-order valence-corrected chi connectivity index (χ0v) is 31.1. The molecule has 0 bridgehead atoms. The first-order valence-electron chi connectivity index (χ1n) is 16.3. The average molecular weight is 780 g/mol. The number of nitrogens with zero attached hydrogens (tertiary/aromatic N) is 9. The summed E-state index contributed by atoms with van der Waals surface area (Å²) in [5.41, 5.74) is 11.7. The van der Waals surface area contributed by atoms with E-state index >= 15 is 0 Å². The van der Waals surface area contributed by atoms with Crippen molar-refractivity contribution < 1.29 is 13.6 Å². The highest BCUT2D eigenvalue weighted by Gasteiger charge is 2.26. The van der Waals surface area contributed by atoms with Crippen molar-refractivity contribution >= 4 is 67.0 Å². The number of nitrogens with two attached hydrogens (primary N) is 1. The molecule has 266 valence electrons. The van der Waals surface area contributed by atoms with Crippen molar-refractivity contribution in [2.24, 2.45) is 0 Å². The number of anilines is 2. The molecule has 6 aromatic rings. The quantitative estimate of drug-likeness (QED) is 0.176. The Labute approximate surface area is 307 Å². The number of aromatic nitrogens is 6. The SMILES string of the molecule is CN(C)CCn1cc(-c2ccc3c(c2)CCN3C(=O)Cc2cc(F)ccc2F)c2c(N)ncnc21.CN(C)CCn1cc(Br)c2c(Cl)ncnc21. The summed E-state index contributed by atoms with van der Waals surface area (Å²) in [5.74, 6) is -0.990. The van der Waals surface area contributed by atoms with Crippen LogP contribution in [0.1, 0.15) is 11.1 Å². The van der Waals surface area contributed by atoms with Crippen molar-refractivity contribution in [3.8, 4) is 11.1 Å². The first-order chi connectivity index (χ1) is 24.4. The van der Waals surface area contributed by atoms with Crippen LogP contribution in [0.4, 0.5) is 20.3 Å². The molecule has 2 N–H and O–H groups in total. The fourth-order valence-electron chi connectivity index (χ4n) is 6.13. The third-order valence-corrected chi connectivity index (χ3v) is 9.64. The second-order valence-electron chi connectivity index (χ2n) is 12.9. The highest BCUT2D eigenvalue weighted by Crippen LogP contribution is 2.37. The summed E-state index contributed by atoms with van der Waals surface area (Å²) >= 11 is 9.51. The summed E-state index contributed by atoms with van der Waals surface area (Å²) in [4.78, 5) is 35.7. The molecular formula is C36H38BrClF2N10O. The molecule has 15 heteroatoms. The molecule has 1 aliphatic heterocycles. The predicted molar refractivity (Wildman–Crippen MR) is 201 cm³/mol. The maximum Gasteiger partial charge on any atom is 0.231 e. The molecule has 1 amide bonds. The maximum atomic E-state index is 14.1. The summed E-state index contributed by atoms with van der Waals surface area (Å²) in [7, 11) is 8.13. The Bertz CT molecular complexity index is 2220. The molecule has 0 aliphatic carbocycles. The van der Waals surface area contributed by atoms with Gasteiger partial charge >= 0.3 is 0 Å². The number of hydrogen-bond donors (Lipinski definition) is 1. The van der Waals surface area contributed by atoms with Crippen LogP contribution in [-0.4, -0.2) is 92.6 Å². The molecule has 7 rings (SSSR count). The second-order valence-corrected chi connectivity index (χ2v) is 14.1. The first-order valence-corrected chi connectivity index (χ1v) is 17.5. The van der Waals surface area contributed by atoms with Gasteiger partial charge in [-0.15, -0.1) is 0 Å². The number of fused-ring (bicyclic) bond motifs is 3. The summed E-state index contributed by atoms with van der Waals surface area (Å²) in [6, 6.07) is 9.08. The Balaban J connectivity index is 0.000000234. The Hall–Kier alpha value is -4.50. The molecule has 2 aromatic carbocycles. The number of benzene rings is 2. The van der Waals surface area contributed by atoms with Crippen LogP contribution < -0.4 is 10.6 Å². The van der Waals surface area contributed by atoms with Gasteiger partial charge in [0.1, 0.15) is 46.6 Å². The van der Waals surface area contributed by atoms with E-state index in [0.29, 0.717) is 23.9 Å². The molecular weight excluding hydrogens is 742 g/mol. The predicted octanol–water partition coefficient (Wildman–Crippen LogP) is 6.06. The van der Waals surface area contributed by atoms with Gasteiger partial charge < -0.3 is 29.6 Å². The van der Waals surface area contributed by atoms with Gasteiger partial charge in [-0.05, 0) is 92.0 Å². The van der Waals surface area contributed by atoms with Crippen molar-refractivity contribution in [2.45, 2.75) is 25.9 Å². The number of carbonyl (C=O) groups is 1. The van der Waals surface area contributed by atoms with Gasteiger partial charge in [0.15, 0.2) is 0 Å². The van der Waals surface area contributed by atoms with E-state index in [0.717, 1.165) is 93.3 Å². The minimum Gasteiger partial charge on any atom is -0.383 e. The van der Waals surface area contributed by atoms with Crippen molar-refractivity contribution in [1.82, 2.24) is 38.9 Å². The van der Waals surface area contributed by atoms with E-state index in [1.807, 2.05) is 52.7 Å². The molecule has 0 radical (unpaired) electrons. The first kappa shape index (κ1) is 36.3. The van der Waals surface area contributed by atoms with Crippen molar-refractivity contribution in [2.75, 3.05) is 58.5 Å². The smallest absolute Gasteiger partial charge is 0.231 e. The minimum atomic E-state index is -0.583. The maximum absolute atomic E-state index is 14.1. The van der Waals surface area contributed by atoms with E-state index in [1.165, 1.54) is 12.7 Å². The Morgan fingerprint density at radius 3 is 2.27 bits per heavy atom. The van der Waals surface area contributed by atoms with Gasteiger partial charge in [0.2, 0.25) is 5.91 Å². The van der Waals surface area contributed by atoms with Crippen LogP contribution in [0, 0.1) is 11.6 Å². The number of carbonyl (C=O) groups excluding carboxylic acids is 1. The van der Waals surface area contributed by atoms with E-state index in [-0.39, 0.29) is 17.9 Å². The van der Waals surface area contributed by atoms with Crippen molar-refractivity contribution in [1.29, 1.82) is 0 Å². The normalized spacial score (nSPS) is 12.6. The lowest BCUT2D eigenvalue weighted by molar-refractivity contribution is -0.117. The van der Waals surface area contributed by atoms with Crippen LogP contribution >= 0.6 is 27.5 Å². The van der Waals surface area contributed by atoms with E-state index in [9.17, 15) is 13.6 Å². The van der Waals surface area contributed by atoms with Crippen molar-refractivity contribution in [3.63, 3.8) is 0 Å². The number of hydrogen-bond acceptors (Lipinski definition) is 8. The third-order valence-electron chi connectivity index (χ3n) is 8.76. The van der Waals surface area contributed by atoms with Crippen LogP contribution in [0.25, 0.3) is 33.2 Å². The monoisotopic (exact) mass is 778 g/mol. The lowest BCUT2D eigenvalue weighted by Gasteiger charge is -2.18. The highest BCUT2D eigenvalue weighted by atomic mass is 79.9. The average Bonchev–Trinajstić information content (AvgIpc) is 3.79. The van der Waals surface area contributed by atoms with Gasteiger partial charge in [0, 0.05) is 66.4 Å². The number of halogens is 4. The van der Waals surface area contributed by atoms with Gasteiger partial charge in [-0.25, -0.2) is 28.7 Å². The molecule has 0 unspecified atom stereocenters. The fourth-order valence-corrected chi connectivity index (χ4v) is 7.09.